The first-order chi connectivity index (χ1) is 41.3. The highest BCUT2D eigenvalue weighted by molar-refractivity contribution is 5.76. The SMILES string of the molecule is CCCCCCC/C=C\C/C=C\C/C=C\CCCCCCCCCCCCCCCCCCCCCCCCCCCCC(=O)NC(COC1OC(CO)C(O)C(O)C1O)C(O)/C=C/CC/C=C/CCCCCCCCCCCCCCCC. The van der Waals surface area contributed by atoms with E-state index in [1.165, 1.54) is 283 Å². The highest BCUT2D eigenvalue weighted by Crippen LogP contribution is 2.23. The third-order valence-corrected chi connectivity index (χ3v) is 17.3. The number of aliphatic hydroxyl groups excluding tert-OH is 5. The van der Waals surface area contributed by atoms with Crippen LogP contribution in [0.15, 0.2) is 60.8 Å². The number of aliphatic hydroxyl groups is 5. The summed E-state index contributed by atoms with van der Waals surface area (Å²) in [6.07, 6.45) is 82.1. The molecule has 9 heteroatoms. The summed E-state index contributed by atoms with van der Waals surface area (Å²) in [4.78, 5) is 13.1. The van der Waals surface area contributed by atoms with Crippen LogP contribution in [0.5, 0.6) is 0 Å². The fraction of sp³-hybridized carbons (Fsp3) is 0.853. The molecule has 0 spiro atoms. The minimum Gasteiger partial charge on any atom is -0.394 e. The predicted molar refractivity (Wildman–Crippen MR) is 359 cm³/mol. The van der Waals surface area contributed by atoms with E-state index in [1.807, 2.05) is 6.08 Å². The Balaban J connectivity index is 2.05. The van der Waals surface area contributed by atoms with E-state index in [0.717, 1.165) is 51.4 Å². The number of hydrogen-bond acceptors (Lipinski definition) is 8. The predicted octanol–water partition coefficient (Wildman–Crippen LogP) is 20.1. The van der Waals surface area contributed by atoms with Crippen molar-refractivity contribution < 1.29 is 39.8 Å². The zero-order valence-corrected chi connectivity index (χ0v) is 55.2. The Morgan fingerprint density at radius 1 is 0.405 bits per heavy atom. The molecule has 7 unspecified atom stereocenters. The molecule has 0 aromatic carbocycles. The van der Waals surface area contributed by atoms with E-state index in [1.54, 1.807) is 6.08 Å². The van der Waals surface area contributed by atoms with E-state index in [-0.39, 0.29) is 12.5 Å². The largest absolute Gasteiger partial charge is 0.394 e. The summed E-state index contributed by atoms with van der Waals surface area (Å²) in [5, 5.41) is 54.7. The number of carbonyl (C=O) groups excluding carboxylic acids is 1. The second kappa shape index (κ2) is 63.9. The molecule has 1 rings (SSSR count). The van der Waals surface area contributed by atoms with Crippen LogP contribution in [0.1, 0.15) is 354 Å². The molecule has 0 aliphatic carbocycles. The number of unbranched alkanes of at least 4 members (excludes halogenated alkanes) is 46. The summed E-state index contributed by atoms with van der Waals surface area (Å²) < 4.78 is 11.3. The average Bonchev–Trinajstić information content (AvgIpc) is 3.70. The molecule has 9 nitrogen and oxygen atoms in total. The second-order valence-electron chi connectivity index (χ2n) is 25.4. The van der Waals surface area contributed by atoms with Crippen molar-refractivity contribution in [1.29, 1.82) is 0 Å². The zero-order valence-electron chi connectivity index (χ0n) is 55.2. The van der Waals surface area contributed by atoms with Crippen LogP contribution in [0.2, 0.25) is 0 Å². The van der Waals surface area contributed by atoms with Crippen molar-refractivity contribution in [2.24, 2.45) is 0 Å². The normalized spacial score (nSPS) is 18.5. The number of allylic oxidation sites excluding steroid dienone is 9. The van der Waals surface area contributed by atoms with Gasteiger partial charge >= 0.3 is 0 Å². The number of rotatable bonds is 64. The Kier molecular flexibility index (Phi) is 60.8. The van der Waals surface area contributed by atoms with Gasteiger partial charge in [0.25, 0.3) is 0 Å². The van der Waals surface area contributed by atoms with Gasteiger partial charge in [0.15, 0.2) is 6.29 Å². The van der Waals surface area contributed by atoms with Crippen LogP contribution in [-0.4, -0.2) is 87.5 Å². The molecule has 84 heavy (non-hydrogen) atoms. The lowest BCUT2D eigenvalue weighted by atomic mass is 9.99. The van der Waals surface area contributed by atoms with Crippen molar-refractivity contribution in [1.82, 2.24) is 5.32 Å². The zero-order chi connectivity index (χ0) is 60.7. The number of hydrogen-bond donors (Lipinski definition) is 6. The Morgan fingerprint density at radius 3 is 1.08 bits per heavy atom. The van der Waals surface area contributed by atoms with Gasteiger partial charge in [0, 0.05) is 6.42 Å². The van der Waals surface area contributed by atoms with E-state index in [2.05, 4.69) is 67.8 Å². The molecular weight excluding hydrogens is 1040 g/mol. The van der Waals surface area contributed by atoms with Crippen LogP contribution >= 0.6 is 0 Å². The molecule has 0 aromatic rings. The first-order valence-corrected chi connectivity index (χ1v) is 36.5. The molecule has 1 heterocycles. The Morgan fingerprint density at radius 2 is 0.714 bits per heavy atom. The van der Waals surface area contributed by atoms with Gasteiger partial charge in [-0.1, -0.05) is 338 Å². The van der Waals surface area contributed by atoms with Gasteiger partial charge in [-0.15, -0.1) is 0 Å². The van der Waals surface area contributed by atoms with Gasteiger partial charge in [-0.05, 0) is 70.6 Å². The molecule has 492 valence electrons. The van der Waals surface area contributed by atoms with Gasteiger partial charge in [-0.2, -0.15) is 0 Å². The van der Waals surface area contributed by atoms with E-state index in [9.17, 15) is 30.3 Å². The number of ether oxygens (including phenoxy) is 2. The van der Waals surface area contributed by atoms with Crippen LogP contribution in [-0.2, 0) is 14.3 Å². The van der Waals surface area contributed by atoms with Crippen LogP contribution in [0.25, 0.3) is 0 Å². The van der Waals surface area contributed by atoms with Crippen LogP contribution in [0, 0.1) is 0 Å². The molecule has 1 aliphatic rings. The van der Waals surface area contributed by atoms with Crippen molar-refractivity contribution in [3.63, 3.8) is 0 Å². The molecule has 1 fully saturated rings. The van der Waals surface area contributed by atoms with Gasteiger partial charge in [0.2, 0.25) is 5.91 Å². The topological polar surface area (TPSA) is 149 Å². The lowest BCUT2D eigenvalue weighted by Gasteiger charge is -2.40. The quantitative estimate of drug-likeness (QED) is 0.0261. The van der Waals surface area contributed by atoms with E-state index < -0.39 is 49.5 Å². The monoisotopic (exact) mass is 1180 g/mol. The maximum atomic E-state index is 13.1. The van der Waals surface area contributed by atoms with E-state index >= 15 is 0 Å². The summed E-state index contributed by atoms with van der Waals surface area (Å²) in [5.74, 6) is -0.180. The first kappa shape index (κ1) is 79.9. The molecule has 1 amide bonds. The van der Waals surface area contributed by atoms with Crippen molar-refractivity contribution in [2.75, 3.05) is 13.2 Å². The highest BCUT2D eigenvalue weighted by Gasteiger charge is 2.44. The summed E-state index contributed by atoms with van der Waals surface area (Å²) in [6, 6.07) is -0.822. The molecule has 1 aliphatic heterocycles. The maximum absolute atomic E-state index is 13.1. The van der Waals surface area contributed by atoms with E-state index in [0.29, 0.717) is 6.42 Å². The lowest BCUT2D eigenvalue weighted by Crippen LogP contribution is -2.60. The van der Waals surface area contributed by atoms with Crippen LogP contribution in [0.3, 0.4) is 0 Å². The fourth-order valence-corrected chi connectivity index (χ4v) is 11.6. The number of carbonyl (C=O) groups is 1. The Hall–Kier alpha value is -2.11. The van der Waals surface area contributed by atoms with Gasteiger partial charge in [-0.3, -0.25) is 4.79 Å². The molecule has 0 aromatic heterocycles. The van der Waals surface area contributed by atoms with Crippen molar-refractivity contribution >= 4 is 5.91 Å². The maximum Gasteiger partial charge on any atom is 0.220 e. The van der Waals surface area contributed by atoms with Crippen molar-refractivity contribution in [3.05, 3.63) is 60.8 Å². The molecular formula is C75H139NO8. The molecule has 7 atom stereocenters. The van der Waals surface area contributed by atoms with Gasteiger partial charge in [-0.25, -0.2) is 0 Å². The average molecular weight is 1180 g/mol. The van der Waals surface area contributed by atoms with E-state index in [4.69, 9.17) is 9.47 Å². The summed E-state index contributed by atoms with van der Waals surface area (Å²) in [6.45, 7) is 3.79. The molecule has 0 bridgehead atoms. The third-order valence-electron chi connectivity index (χ3n) is 17.3. The smallest absolute Gasteiger partial charge is 0.220 e. The first-order valence-electron chi connectivity index (χ1n) is 36.5. The van der Waals surface area contributed by atoms with Gasteiger partial charge in [0.1, 0.15) is 24.4 Å². The Bertz CT molecular complexity index is 1510. The minimum absolute atomic E-state index is 0.180. The minimum atomic E-state index is -1.57. The highest BCUT2D eigenvalue weighted by atomic mass is 16.7. The Labute approximate surface area is 519 Å². The van der Waals surface area contributed by atoms with Crippen LogP contribution in [0.4, 0.5) is 0 Å². The lowest BCUT2D eigenvalue weighted by molar-refractivity contribution is -0.302. The van der Waals surface area contributed by atoms with Gasteiger partial charge in [0.05, 0.1) is 25.4 Å². The summed E-state index contributed by atoms with van der Waals surface area (Å²) in [7, 11) is 0. The molecule has 0 saturated carbocycles. The summed E-state index contributed by atoms with van der Waals surface area (Å²) in [5.41, 5.74) is 0. The van der Waals surface area contributed by atoms with Crippen molar-refractivity contribution in [2.45, 2.75) is 397 Å². The van der Waals surface area contributed by atoms with Crippen LogP contribution < -0.4 is 5.32 Å². The molecule has 0 radical (unpaired) electrons. The second-order valence-corrected chi connectivity index (χ2v) is 25.4. The standard InChI is InChI=1S/C75H139NO8/c1-3-5-7-9-11-13-15-17-19-21-23-25-26-27-28-29-30-31-32-33-34-35-36-37-38-39-40-41-42-43-44-45-47-49-51-53-55-57-59-61-63-65-71(79)76-68(67-83-75-74(82)73(81)72(80)70(66-77)84-75)69(78)64-62-60-58-56-54-52-50-48-46-24-22-20-18-16-14-12-10-8-6-4-2/h15,17,21,23,26-27,54,56,62,64,68-70,72-75,77-78,80-82H,3-14,16,18-20,22,24-25,28-53,55,57-61,63,65-67H2,1-2H3,(H,76,79)/b17-15-,23-21-,27-26-,56-54+,64-62+. The molecule has 6 N–H and O–H groups in total. The fourth-order valence-electron chi connectivity index (χ4n) is 11.6. The van der Waals surface area contributed by atoms with Crippen molar-refractivity contribution in [3.8, 4) is 0 Å². The third kappa shape index (κ3) is 51.9. The molecule has 1 saturated heterocycles. The number of amides is 1. The van der Waals surface area contributed by atoms with Gasteiger partial charge < -0.3 is 40.3 Å². The number of nitrogens with one attached hydrogen (secondary N) is 1. The summed E-state index contributed by atoms with van der Waals surface area (Å²) >= 11 is 0.